The van der Waals surface area contributed by atoms with Gasteiger partial charge in [-0.25, -0.2) is 0 Å². The van der Waals surface area contributed by atoms with E-state index in [0.717, 1.165) is 23.7 Å². The molecule has 0 heterocycles. The molecule has 0 spiro atoms. The molecule has 1 aliphatic rings. The summed E-state index contributed by atoms with van der Waals surface area (Å²) in [5.41, 5.74) is 0. The van der Waals surface area contributed by atoms with Crippen molar-refractivity contribution in [3.8, 4) is 0 Å². The van der Waals surface area contributed by atoms with E-state index in [2.05, 4.69) is 27.7 Å². The van der Waals surface area contributed by atoms with Crippen molar-refractivity contribution >= 4 is 0 Å². The van der Waals surface area contributed by atoms with Crippen LogP contribution in [0.25, 0.3) is 0 Å². The van der Waals surface area contributed by atoms with Crippen LogP contribution in [0.5, 0.6) is 0 Å². The molecule has 0 radical (unpaired) electrons. The van der Waals surface area contributed by atoms with Crippen molar-refractivity contribution in [2.45, 2.75) is 98.3 Å². The molecule has 0 saturated heterocycles. The Hall–Kier alpha value is 0. The van der Waals surface area contributed by atoms with Gasteiger partial charge in [-0.2, -0.15) is 0 Å². The smallest absolute Gasteiger partial charge is 0.0386 e. The fourth-order valence-corrected chi connectivity index (χ4v) is 4.34. The molecule has 0 aromatic heterocycles. The SMILES string of the molecule is CCCC1CCCC(CCC(CC)CC)C(CC)C1. The minimum absolute atomic E-state index is 0.993. The van der Waals surface area contributed by atoms with E-state index < -0.39 is 0 Å². The number of rotatable bonds is 8. The van der Waals surface area contributed by atoms with Crippen LogP contribution in [-0.2, 0) is 0 Å². The summed E-state index contributed by atoms with van der Waals surface area (Å²) in [4.78, 5) is 0. The van der Waals surface area contributed by atoms with Crippen molar-refractivity contribution in [1.82, 2.24) is 0 Å². The first-order valence-corrected chi connectivity index (χ1v) is 9.24. The first kappa shape index (κ1) is 17.1. The molecule has 1 saturated carbocycles. The van der Waals surface area contributed by atoms with Crippen molar-refractivity contribution in [3.63, 3.8) is 0 Å². The van der Waals surface area contributed by atoms with Gasteiger partial charge in [0.2, 0.25) is 0 Å². The first-order valence-electron chi connectivity index (χ1n) is 9.24. The molecule has 0 aromatic rings. The molecule has 0 aromatic carbocycles. The minimum atomic E-state index is 0.993. The number of hydrogen-bond donors (Lipinski definition) is 0. The standard InChI is InChI=1S/C19H38/c1-5-10-17-11-9-12-19(18(8-4)15-17)14-13-16(6-2)7-3/h16-19H,5-15H2,1-4H3. The van der Waals surface area contributed by atoms with E-state index in [1.54, 1.807) is 0 Å². The van der Waals surface area contributed by atoms with Gasteiger partial charge in [-0.05, 0) is 36.5 Å². The van der Waals surface area contributed by atoms with Gasteiger partial charge in [0.25, 0.3) is 0 Å². The van der Waals surface area contributed by atoms with Crippen LogP contribution in [0, 0.1) is 23.7 Å². The first-order chi connectivity index (χ1) is 9.24. The Morgan fingerprint density at radius 2 is 1.63 bits per heavy atom. The van der Waals surface area contributed by atoms with Crippen LogP contribution in [-0.4, -0.2) is 0 Å². The Morgan fingerprint density at radius 3 is 2.21 bits per heavy atom. The second-order valence-electron chi connectivity index (χ2n) is 7.01. The summed E-state index contributed by atoms with van der Waals surface area (Å²) in [7, 11) is 0. The summed E-state index contributed by atoms with van der Waals surface area (Å²) in [6.45, 7) is 9.53. The average molecular weight is 267 g/mol. The van der Waals surface area contributed by atoms with E-state index >= 15 is 0 Å². The van der Waals surface area contributed by atoms with Crippen LogP contribution >= 0.6 is 0 Å². The summed E-state index contributed by atoms with van der Waals surface area (Å²) in [5.74, 6) is 4.13. The van der Waals surface area contributed by atoms with E-state index in [1.165, 1.54) is 70.6 Å². The van der Waals surface area contributed by atoms with E-state index in [4.69, 9.17) is 0 Å². The Kier molecular flexibility index (Phi) is 8.83. The van der Waals surface area contributed by atoms with Crippen molar-refractivity contribution < 1.29 is 0 Å². The van der Waals surface area contributed by atoms with E-state index in [-0.39, 0.29) is 0 Å². The molecule has 0 bridgehead atoms. The van der Waals surface area contributed by atoms with Crippen molar-refractivity contribution in [1.29, 1.82) is 0 Å². The van der Waals surface area contributed by atoms with Crippen LogP contribution in [0.4, 0.5) is 0 Å². The van der Waals surface area contributed by atoms with Gasteiger partial charge >= 0.3 is 0 Å². The monoisotopic (exact) mass is 266 g/mol. The van der Waals surface area contributed by atoms with Gasteiger partial charge in [0, 0.05) is 0 Å². The highest BCUT2D eigenvalue weighted by Gasteiger charge is 2.26. The lowest BCUT2D eigenvalue weighted by atomic mass is 9.79. The van der Waals surface area contributed by atoms with Gasteiger partial charge in [-0.1, -0.05) is 85.5 Å². The van der Waals surface area contributed by atoms with Gasteiger partial charge in [0.15, 0.2) is 0 Å². The van der Waals surface area contributed by atoms with E-state index in [1.807, 2.05) is 0 Å². The fourth-order valence-electron chi connectivity index (χ4n) is 4.34. The fraction of sp³-hybridized carbons (Fsp3) is 1.00. The predicted molar refractivity (Wildman–Crippen MR) is 87.4 cm³/mol. The minimum Gasteiger partial charge on any atom is -0.0654 e. The highest BCUT2D eigenvalue weighted by atomic mass is 14.3. The molecular formula is C19H38. The van der Waals surface area contributed by atoms with Crippen LogP contribution < -0.4 is 0 Å². The maximum atomic E-state index is 2.43. The molecule has 3 atom stereocenters. The van der Waals surface area contributed by atoms with Crippen LogP contribution in [0.15, 0.2) is 0 Å². The summed E-state index contributed by atoms with van der Waals surface area (Å²) in [6.07, 6.45) is 16.2. The van der Waals surface area contributed by atoms with Gasteiger partial charge in [-0.15, -0.1) is 0 Å². The largest absolute Gasteiger partial charge is 0.0654 e. The maximum Gasteiger partial charge on any atom is -0.0386 e. The average Bonchev–Trinajstić information content (AvgIpc) is 2.62. The van der Waals surface area contributed by atoms with Crippen molar-refractivity contribution in [2.75, 3.05) is 0 Å². The van der Waals surface area contributed by atoms with E-state index in [9.17, 15) is 0 Å². The quantitative estimate of drug-likeness (QED) is 0.422. The van der Waals surface area contributed by atoms with E-state index in [0.29, 0.717) is 0 Å². The summed E-state index contributed by atoms with van der Waals surface area (Å²) >= 11 is 0. The van der Waals surface area contributed by atoms with Crippen molar-refractivity contribution in [2.24, 2.45) is 23.7 Å². The third-order valence-electron chi connectivity index (χ3n) is 5.81. The second-order valence-corrected chi connectivity index (χ2v) is 7.01. The summed E-state index contributed by atoms with van der Waals surface area (Å²) in [6, 6.07) is 0. The Labute approximate surface area is 122 Å². The molecular weight excluding hydrogens is 228 g/mol. The maximum absolute atomic E-state index is 2.43. The van der Waals surface area contributed by atoms with Crippen LogP contribution in [0.3, 0.4) is 0 Å². The Bertz CT molecular complexity index is 204. The zero-order valence-corrected chi connectivity index (χ0v) is 14.1. The van der Waals surface area contributed by atoms with Gasteiger partial charge in [-0.3, -0.25) is 0 Å². The highest BCUT2D eigenvalue weighted by Crippen LogP contribution is 2.39. The Morgan fingerprint density at radius 1 is 0.895 bits per heavy atom. The number of hydrogen-bond acceptors (Lipinski definition) is 0. The molecule has 0 heteroatoms. The molecule has 0 amide bonds. The molecule has 1 rings (SSSR count). The van der Waals surface area contributed by atoms with Crippen LogP contribution in [0.2, 0.25) is 0 Å². The molecule has 3 unspecified atom stereocenters. The topological polar surface area (TPSA) is 0 Å². The zero-order valence-electron chi connectivity index (χ0n) is 14.1. The predicted octanol–water partition coefficient (Wildman–Crippen LogP) is 6.84. The molecule has 0 aliphatic heterocycles. The molecule has 114 valence electrons. The lowest BCUT2D eigenvalue weighted by molar-refractivity contribution is 0.241. The lowest BCUT2D eigenvalue weighted by Gasteiger charge is -2.27. The van der Waals surface area contributed by atoms with Gasteiger partial charge < -0.3 is 0 Å². The molecule has 19 heavy (non-hydrogen) atoms. The zero-order chi connectivity index (χ0) is 14.1. The summed E-state index contributed by atoms with van der Waals surface area (Å²) in [5, 5.41) is 0. The molecule has 0 N–H and O–H groups in total. The Balaban J connectivity index is 2.46. The third-order valence-corrected chi connectivity index (χ3v) is 5.81. The van der Waals surface area contributed by atoms with Gasteiger partial charge in [0.05, 0.1) is 0 Å². The molecule has 0 nitrogen and oxygen atoms in total. The normalized spacial score (nSPS) is 28.6. The van der Waals surface area contributed by atoms with Crippen LogP contribution in [0.1, 0.15) is 98.3 Å². The third kappa shape index (κ3) is 5.88. The second kappa shape index (κ2) is 9.83. The van der Waals surface area contributed by atoms with Crippen molar-refractivity contribution in [3.05, 3.63) is 0 Å². The van der Waals surface area contributed by atoms with Gasteiger partial charge in [0.1, 0.15) is 0 Å². The molecule has 1 fully saturated rings. The summed E-state index contributed by atoms with van der Waals surface area (Å²) < 4.78 is 0. The highest BCUT2D eigenvalue weighted by molar-refractivity contribution is 4.78. The molecule has 1 aliphatic carbocycles. The lowest BCUT2D eigenvalue weighted by Crippen LogP contribution is -2.16.